The van der Waals surface area contributed by atoms with Crippen LogP contribution in [0.4, 0.5) is 0 Å². The third-order valence-corrected chi connectivity index (χ3v) is 14.5. The number of carbonyl (C=O) groups excluding carboxylic acids is 2. The fourth-order valence-corrected chi connectivity index (χ4v) is 9.69. The van der Waals surface area contributed by atoms with Gasteiger partial charge in [-0.05, 0) is 77.0 Å². The zero-order valence-electron chi connectivity index (χ0n) is 46.6. The van der Waals surface area contributed by atoms with Crippen molar-refractivity contribution in [3.05, 3.63) is 24.3 Å². The van der Waals surface area contributed by atoms with E-state index in [4.69, 9.17) is 4.74 Å². The maximum Gasteiger partial charge on any atom is 0.305 e. The third-order valence-electron chi connectivity index (χ3n) is 14.5. The molecule has 0 aromatic carbocycles. The fraction of sp³-hybridized carbons (Fsp3) is 0.905. The van der Waals surface area contributed by atoms with Crippen LogP contribution in [0.2, 0.25) is 0 Å². The van der Waals surface area contributed by atoms with Crippen molar-refractivity contribution in [2.45, 2.75) is 353 Å². The molecule has 0 bridgehead atoms. The largest absolute Gasteiger partial charge is 0.466 e. The van der Waals surface area contributed by atoms with Crippen molar-refractivity contribution in [3.8, 4) is 0 Å². The van der Waals surface area contributed by atoms with E-state index < -0.39 is 12.1 Å². The summed E-state index contributed by atoms with van der Waals surface area (Å²) in [7, 11) is 0. The van der Waals surface area contributed by atoms with Gasteiger partial charge in [0.1, 0.15) is 0 Å². The molecule has 2 unspecified atom stereocenters. The van der Waals surface area contributed by atoms with Crippen molar-refractivity contribution >= 4 is 11.9 Å². The summed E-state index contributed by atoms with van der Waals surface area (Å²) in [6, 6.07) is -0.542. The molecule has 0 heterocycles. The van der Waals surface area contributed by atoms with E-state index in [2.05, 4.69) is 43.5 Å². The number of hydrogen-bond donors (Lipinski definition) is 3. The van der Waals surface area contributed by atoms with Crippen molar-refractivity contribution < 1.29 is 24.5 Å². The molecule has 0 aliphatic rings. The van der Waals surface area contributed by atoms with Crippen molar-refractivity contribution in [2.24, 2.45) is 0 Å². The Kier molecular flexibility index (Phi) is 57.5. The molecule has 0 saturated carbocycles. The predicted molar refractivity (Wildman–Crippen MR) is 301 cm³/mol. The zero-order valence-corrected chi connectivity index (χ0v) is 46.6. The van der Waals surface area contributed by atoms with Gasteiger partial charge in [-0.15, -0.1) is 0 Å². The summed E-state index contributed by atoms with van der Waals surface area (Å²) < 4.78 is 5.49. The number of rotatable bonds is 58. The van der Waals surface area contributed by atoms with Gasteiger partial charge in [-0.3, -0.25) is 9.59 Å². The first-order chi connectivity index (χ1) is 34.0. The lowest BCUT2D eigenvalue weighted by Gasteiger charge is -2.22. The molecule has 3 N–H and O–H groups in total. The number of esters is 1. The minimum absolute atomic E-state index is 0.0103. The summed E-state index contributed by atoms with van der Waals surface area (Å²) in [4.78, 5) is 24.5. The molecule has 2 atom stereocenters. The zero-order chi connectivity index (χ0) is 50.0. The molecule has 0 aliphatic carbocycles. The van der Waals surface area contributed by atoms with Crippen molar-refractivity contribution in [3.63, 3.8) is 0 Å². The van der Waals surface area contributed by atoms with Crippen LogP contribution in [0.3, 0.4) is 0 Å². The van der Waals surface area contributed by atoms with E-state index in [1.165, 1.54) is 263 Å². The summed E-state index contributed by atoms with van der Waals surface area (Å²) in [6.45, 7) is 4.95. The molecule has 0 spiro atoms. The van der Waals surface area contributed by atoms with Crippen LogP contribution in [0, 0.1) is 0 Å². The number of aliphatic hydroxyl groups is 2. The summed E-state index contributed by atoms with van der Waals surface area (Å²) in [5.41, 5.74) is 0. The Morgan fingerprint density at radius 2 is 0.681 bits per heavy atom. The number of allylic oxidation sites excluding steroid dienone is 4. The van der Waals surface area contributed by atoms with Crippen molar-refractivity contribution in [2.75, 3.05) is 13.2 Å². The molecule has 1 amide bonds. The first kappa shape index (κ1) is 67.3. The normalized spacial score (nSPS) is 12.7. The lowest BCUT2D eigenvalue weighted by molar-refractivity contribution is -0.143. The average molecular weight is 973 g/mol. The molecule has 6 heteroatoms. The monoisotopic (exact) mass is 972 g/mol. The molecule has 0 fully saturated rings. The Bertz CT molecular complexity index is 1080. The second kappa shape index (κ2) is 58.9. The molecular formula is C63H121NO5. The molecule has 0 aromatic rings. The lowest BCUT2D eigenvalue weighted by atomic mass is 10.0. The fourth-order valence-electron chi connectivity index (χ4n) is 9.69. The van der Waals surface area contributed by atoms with Crippen LogP contribution in [0.5, 0.6) is 0 Å². The molecule has 69 heavy (non-hydrogen) atoms. The highest BCUT2D eigenvalue weighted by atomic mass is 16.5. The second-order valence-corrected chi connectivity index (χ2v) is 21.4. The van der Waals surface area contributed by atoms with Gasteiger partial charge in [0.25, 0.3) is 0 Å². The highest BCUT2D eigenvalue weighted by Gasteiger charge is 2.20. The number of carbonyl (C=O) groups is 2. The molecule has 0 radical (unpaired) electrons. The van der Waals surface area contributed by atoms with Gasteiger partial charge in [0.2, 0.25) is 5.91 Å². The van der Waals surface area contributed by atoms with Gasteiger partial charge in [0, 0.05) is 12.8 Å². The predicted octanol–water partition coefficient (Wildman–Crippen LogP) is 19.4. The first-order valence-electron chi connectivity index (χ1n) is 31.1. The topological polar surface area (TPSA) is 95.9 Å². The van der Waals surface area contributed by atoms with Crippen LogP contribution in [-0.4, -0.2) is 47.4 Å². The summed E-state index contributed by atoms with van der Waals surface area (Å²) >= 11 is 0. The van der Waals surface area contributed by atoms with E-state index in [-0.39, 0.29) is 18.5 Å². The van der Waals surface area contributed by atoms with Gasteiger partial charge >= 0.3 is 5.97 Å². The summed E-state index contributed by atoms with van der Waals surface area (Å²) in [6.07, 6.45) is 72.0. The first-order valence-corrected chi connectivity index (χ1v) is 31.1. The molecule has 0 aromatic heterocycles. The van der Waals surface area contributed by atoms with Gasteiger partial charge in [0.05, 0.1) is 25.4 Å². The molecule has 0 rings (SSSR count). The minimum atomic E-state index is -0.664. The van der Waals surface area contributed by atoms with E-state index in [9.17, 15) is 19.8 Å². The molecule has 0 saturated heterocycles. The highest BCUT2D eigenvalue weighted by molar-refractivity contribution is 5.76. The highest BCUT2D eigenvalue weighted by Crippen LogP contribution is 2.17. The third kappa shape index (κ3) is 55.5. The van der Waals surface area contributed by atoms with Gasteiger partial charge in [-0.25, -0.2) is 0 Å². The van der Waals surface area contributed by atoms with Crippen LogP contribution in [-0.2, 0) is 14.3 Å². The quantitative estimate of drug-likeness (QED) is 0.0321. The van der Waals surface area contributed by atoms with Gasteiger partial charge in [0.15, 0.2) is 0 Å². The van der Waals surface area contributed by atoms with Crippen LogP contribution >= 0.6 is 0 Å². The Labute approximate surface area is 431 Å². The van der Waals surface area contributed by atoms with E-state index in [0.29, 0.717) is 25.9 Å². The van der Waals surface area contributed by atoms with Crippen LogP contribution in [0.15, 0.2) is 24.3 Å². The Balaban J connectivity index is 3.36. The minimum Gasteiger partial charge on any atom is -0.466 e. The van der Waals surface area contributed by atoms with E-state index in [1.807, 2.05) is 0 Å². The lowest BCUT2D eigenvalue weighted by Crippen LogP contribution is -2.45. The number of aliphatic hydroxyl groups excluding tert-OH is 2. The number of nitrogens with one attached hydrogen (secondary N) is 1. The van der Waals surface area contributed by atoms with E-state index in [1.54, 1.807) is 0 Å². The number of amides is 1. The molecule has 408 valence electrons. The number of unbranched alkanes of at least 4 members (excludes halogenated alkanes) is 43. The van der Waals surface area contributed by atoms with Crippen LogP contribution < -0.4 is 5.32 Å². The second-order valence-electron chi connectivity index (χ2n) is 21.4. The average Bonchev–Trinajstić information content (AvgIpc) is 3.35. The Hall–Kier alpha value is -1.66. The van der Waals surface area contributed by atoms with Gasteiger partial charge < -0.3 is 20.3 Å². The maximum atomic E-state index is 12.4. The maximum absolute atomic E-state index is 12.4. The smallest absolute Gasteiger partial charge is 0.305 e. The van der Waals surface area contributed by atoms with Gasteiger partial charge in [-0.2, -0.15) is 0 Å². The Morgan fingerprint density at radius 1 is 0.391 bits per heavy atom. The van der Waals surface area contributed by atoms with Crippen molar-refractivity contribution in [1.29, 1.82) is 0 Å². The summed E-state index contributed by atoms with van der Waals surface area (Å²) in [5, 5.41) is 23.1. The SMILES string of the molecule is CCCCCCCC/C=C\CCCCCCCCCC(=O)OCCCCCCCCCCCCCC/C=C\CCCCCCCCCCCC(=O)NC(CO)C(O)CCCCCCCCCCCC. The molecule has 0 aliphatic heterocycles. The van der Waals surface area contributed by atoms with E-state index in [0.717, 1.165) is 44.9 Å². The van der Waals surface area contributed by atoms with E-state index >= 15 is 0 Å². The van der Waals surface area contributed by atoms with Gasteiger partial charge in [-0.1, -0.05) is 276 Å². The van der Waals surface area contributed by atoms with Crippen LogP contribution in [0.25, 0.3) is 0 Å². The molecule has 6 nitrogen and oxygen atoms in total. The standard InChI is InChI=1S/C63H121NO5/c1-3-5-7-9-11-13-15-16-17-27-31-34-37-41-45-49-53-57-63(68)69-58-54-50-46-42-38-35-32-29-26-24-22-20-18-19-21-23-25-28-30-33-36-40-44-48-52-56-62(67)64-60(59-65)61(66)55-51-47-43-39-14-12-10-8-6-4-2/h16-17,19,21,60-61,65-66H,3-15,18,20,22-59H2,1-2H3,(H,64,67)/b17-16-,21-19-. The summed E-state index contributed by atoms with van der Waals surface area (Å²) in [5.74, 6) is -0.0285. The number of ether oxygens (including phenoxy) is 1. The number of hydrogen-bond acceptors (Lipinski definition) is 5. The molecular weight excluding hydrogens is 851 g/mol. The Morgan fingerprint density at radius 3 is 1.03 bits per heavy atom. The van der Waals surface area contributed by atoms with Crippen LogP contribution in [0.1, 0.15) is 341 Å². The van der Waals surface area contributed by atoms with Crippen molar-refractivity contribution in [1.82, 2.24) is 5.32 Å².